The second-order valence-corrected chi connectivity index (χ2v) is 3.88. The smallest absolute Gasteiger partial charge is 0.0218 e. The second-order valence-electron chi connectivity index (χ2n) is 3.88. The van der Waals surface area contributed by atoms with Gasteiger partial charge in [0.15, 0.2) is 0 Å². The van der Waals surface area contributed by atoms with E-state index in [2.05, 4.69) is 24.5 Å². The summed E-state index contributed by atoms with van der Waals surface area (Å²) in [6, 6.07) is 0.713. The average Bonchev–Trinajstić information content (AvgIpc) is 2.09. The van der Waals surface area contributed by atoms with E-state index in [0.29, 0.717) is 6.04 Å². The summed E-state index contributed by atoms with van der Waals surface area (Å²) in [7, 11) is 0. The van der Waals surface area contributed by atoms with Gasteiger partial charge in [-0.2, -0.15) is 0 Å². The highest BCUT2D eigenvalue weighted by Crippen LogP contribution is 2.14. The fourth-order valence-corrected chi connectivity index (χ4v) is 1.82. The van der Waals surface area contributed by atoms with Crippen molar-refractivity contribution in [1.82, 2.24) is 10.6 Å². The molecule has 0 spiro atoms. The predicted octanol–water partition coefficient (Wildman–Crippen LogP) is 1.37. The van der Waals surface area contributed by atoms with Gasteiger partial charge in [-0.1, -0.05) is 13.8 Å². The van der Waals surface area contributed by atoms with Crippen molar-refractivity contribution in [2.45, 2.75) is 39.2 Å². The highest BCUT2D eigenvalue weighted by atomic mass is 15.0. The monoisotopic (exact) mass is 170 g/mol. The van der Waals surface area contributed by atoms with Gasteiger partial charge in [0.05, 0.1) is 0 Å². The van der Waals surface area contributed by atoms with Crippen LogP contribution in [-0.4, -0.2) is 25.7 Å². The van der Waals surface area contributed by atoms with E-state index in [0.717, 1.165) is 19.0 Å². The number of hydrogen-bond acceptors (Lipinski definition) is 2. The first kappa shape index (κ1) is 10.0. The average molecular weight is 170 g/mol. The van der Waals surface area contributed by atoms with E-state index in [-0.39, 0.29) is 0 Å². The molecule has 0 amide bonds. The number of rotatable bonds is 4. The lowest BCUT2D eigenvalue weighted by Gasteiger charge is -2.30. The highest BCUT2D eigenvalue weighted by Gasteiger charge is 2.19. The van der Waals surface area contributed by atoms with Crippen LogP contribution in [0.3, 0.4) is 0 Å². The van der Waals surface area contributed by atoms with E-state index in [1.54, 1.807) is 0 Å². The lowest BCUT2D eigenvalue weighted by atomic mass is 9.93. The topological polar surface area (TPSA) is 24.1 Å². The zero-order valence-electron chi connectivity index (χ0n) is 8.40. The third kappa shape index (κ3) is 3.11. The Morgan fingerprint density at radius 2 is 2.33 bits per heavy atom. The Labute approximate surface area is 76.1 Å². The van der Waals surface area contributed by atoms with E-state index in [1.165, 1.54) is 25.8 Å². The van der Waals surface area contributed by atoms with Crippen molar-refractivity contribution in [3.05, 3.63) is 0 Å². The van der Waals surface area contributed by atoms with Gasteiger partial charge in [-0.25, -0.2) is 0 Å². The van der Waals surface area contributed by atoms with Crippen molar-refractivity contribution in [2.24, 2.45) is 5.92 Å². The number of piperidine rings is 1. The zero-order valence-corrected chi connectivity index (χ0v) is 8.40. The summed E-state index contributed by atoms with van der Waals surface area (Å²) >= 11 is 0. The molecule has 0 aromatic carbocycles. The minimum absolute atomic E-state index is 0.713. The van der Waals surface area contributed by atoms with Crippen LogP contribution in [0.2, 0.25) is 0 Å². The molecule has 0 saturated carbocycles. The molecule has 2 atom stereocenters. The molecule has 72 valence electrons. The number of nitrogens with one attached hydrogen (secondary N) is 2. The van der Waals surface area contributed by atoms with Gasteiger partial charge in [0.2, 0.25) is 0 Å². The molecule has 2 unspecified atom stereocenters. The van der Waals surface area contributed by atoms with Crippen LogP contribution < -0.4 is 10.6 Å². The molecule has 0 bridgehead atoms. The molecule has 1 rings (SSSR count). The van der Waals surface area contributed by atoms with E-state index in [1.807, 2.05) is 0 Å². The van der Waals surface area contributed by atoms with Gasteiger partial charge < -0.3 is 10.6 Å². The van der Waals surface area contributed by atoms with Crippen molar-refractivity contribution in [1.29, 1.82) is 0 Å². The minimum atomic E-state index is 0.713. The van der Waals surface area contributed by atoms with E-state index in [4.69, 9.17) is 0 Å². The summed E-state index contributed by atoms with van der Waals surface area (Å²) in [6.45, 7) is 8.08. The van der Waals surface area contributed by atoms with E-state index >= 15 is 0 Å². The molecule has 2 heteroatoms. The van der Waals surface area contributed by atoms with Gasteiger partial charge in [-0.15, -0.1) is 0 Å². The van der Waals surface area contributed by atoms with Crippen LogP contribution in [0.1, 0.15) is 33.1 Å². The molecule has 2 N–H and O–H groups in total. The number of hydrogen-bond donors (Lipinski definition) is 2. The predicted molar refractivity (Wildman–Crippen MR) is 53.3 cm³/mol. The molecule has 0 aliphatic carbocycles. The van der Waals surface area contributed by atoms with E-state index in [9.17, 15) is 0 Å². The first-order chi connectivity index (χ1) is 5.84. The molecule has 1 heterocycles. The first-order valence-corrected chi connectivity index (χ1v) is 5.28. The molecule has 0 aromatic heterocycles. The highest BCUT2D eigenvalue weighted by molar-refractivity contribution is 4.79. The van der Waals surface area contributed by atoms with Gasteiger partial charge >= 0.3 is 0 Å². The molecule has 0 aromatic rings. The molecule has 1 aliphatic rings. The van der Waals surface area contributed by atoms with Crippen LogP contribution in [-0.2, 0) is 0 Å². The molecular weight excluding hydrogens is 148 g/mol. The lowest BCUT2D eigenvalue weighted by Crippen LogP contribution is -2.46. The molecule has 0 radical (unpaired) electrons. The fourth-order valence-electron chi connectivity index (χ4n) is 1.82. The standard InChI is InChI=1S/C10H22N2/c1-3-6-11-8-10-9(2)5-4-7-12-10/h9-12H,3-8H2,1-2H3. The summed E-state index contributed by atoms with van der Waals surface area (Å²) in [5.74, 6) is 0.850. The SMILES string of the molecule is CCCNCC1NCCCC1C. The Morgan fingerprint density at radius 1 is 1.50 bits per heavy atom. The molecule has 1 saturated heterocycles. The maximum atomic E-state index is 3.57. The molecule has 1 fully saturated rings. The first-order valence-electron chi connectivity index (χ1n) is 5.28. The van der Waals surface area contributed by atoms with Crippen molar-refractivity contribution in [2.75, 3.05) is 19.6 Å². The Balaban J connectivity index is 2.11. The zero-order chi connectivity index (χ0) is 8.81. The summed E-state index contributed by atoms with van der Waals surface area (Å²) in [5, 5.41) is 7.04. The van der Waals surface area contributed by atoms with Crippen molar-refractivity contribution in [3.8, 4) is 0 Å². The Morgan fingerprint density at radius 3 is 3.00 bits per heavy atom. The van der Waals surface area contributed by atoms with E-state index < -0.39 is 0 Å². The summed E-state index contributed by atoms with van der Waals surface area (Å²) in [6.07, 6.45) is 3.98. The molecular formula is C10H22N2. The minimum Gasteiger partial charge on any atom is -0.315 e. The largest absolute Gasteiger partial charge is 0.315 e. The van der Waals surface area contributed by atoms with Gasteiger partial charge in [0.1, 0.15) is 0 Å². The van der Waals surface area contributed by atoms with Crippen molar-refractivity contribution in [3.63, 3.8) is 0 Å². The summed E-state index contributed by atoms with van der Waals surface area (Å²) in [5.41, 5.74) is 0. The van der Waals surface area contributed by atoms with Crippen LogP contribution in [0.25, 0.3) is 0 Å². The molecule has 2 nitrogen and oxygen atoms in total. The van der Waals surface area contributed by atoms with Gasteiger partial charge in [-0.05, 0) is 38.3 Å². The van der Waals surface area contributed by atoms with Crippen LogP contribution in [0.15, 0.2) is 0 Å². The van der Waals surface area contributed by atoms with Crippen LogP contribution in [0, 0.1) is 5.92 Å². The normalized spacial score (nSPS) is 30.5. The Kier molecular flexibility index (Phi) is 4.62. The third-order valence-corrected chi connectivity index (χ3v) is 2.72. The lowest BCUT2D eigenvalue weighted by molar-refractivity contribution is 0.291. The van der Waals surface area contributed by atoms with Crippen molar-refractivity contribution >= 4 is 0 Å². The van der Waals surface area contributed by atoms with Crippen LogP contribution in [0.5, 0.6) is 0 Å². The molecule has 12 heavy (non-hydrogen) atoms. The Hall–Kier alpha value is -0.0800. The third-order valence-electron chi connectivity index (χ3n) is 2.72. The maximum absolute atomic E-state index is 3.57. The summed E-state index contributed by atoms with van der Waals surface area (Å²) < 4.78 is 0. The van der Waals surface area contributed by atoms with Crippen LogP contribution in [0.4, 0.5) is 0 Å². The quantitative estimate of drug-likeness (QED) is 0.623. The second kappa shape index (κ2) is 5.55. The van der Waals surface area contributed by atoms with Crippen LogP contribution >= 0.6 is 0 Å². The van der Waals surface area contributed by atoms with Gasteiger partial charge in [-0.3, -0.25) is 0 Å². The fraction of sp³-hybridized carbons (Fsp3) is 1.00. The van der Waals surface area contributed by atoms with Crippen molar-refractivity contribution < 1.29 is 0 Å². The molecule has 1 aliphatic heterocycles. The van der Waals surface area contributed by atoms with Gasteiger partial charge in [0, 0.05) is 12.6 Å². The summed E-state index contributed by atoms with van der Waals surface area (Å²) in [4.78, 5) is 0. The Bertz CT molecular complexity index is 114. The van der Waals surface area contributed by atoms with Gasteiger partial charge in [0.25, 0.3) is 0 Å². The maximum Gasteiger partial charge on any atom is 0.0218 e.